The largest absolute Gasteiger partial charge is 0.489 e. The van der Waals surface area contributed by atoms with E-state index in [1.165, 1.54) is 0 Å². The maximum absolute atomic E-state index is 10.4. The fraction of sp³-hybridized carbons (Fsp3) is 0.357. The second-order valence-electron chi connectivity index (χ2n) is 4.73. The van der Waals surface area contributed by atoms with Crippen molar-refractivity contribution in [2.75, 3.05) is 13.2 Å². The van der Waals surface area contributed by atoms with Gasteiger partial charge in [0.05, 0.1) is 24.4 Å². The van der Waals surface area contributed by atoms with E-state index in [1.54, 1.807) is 36.3 Å². The van der Waals surface area contributed by atoms with Gasteiger partial charge in [0.25, 0.3) is 0 Å². The number of aliphatic hydroxyl groups excluding tert-OH is 1. The van der Waals surface area contributed by atoms with E-state index in [9.17, 15) is 5.11 Å². The highest BCUT2D eigenvalue weighted by Gasteiger charge is 2.20. The summed E-state index contributed by atoms with van der Waals surface area (Å²) < 4.78 is 12.8. The molecule has 0 radical (unpaired) electrons. The van der Waals surface area contributed by atoms with E-state index >= 15 is 0 Å². The molecule has 0 saturated carbocycles. The Labute approximate surface area is 121 Å². The molecule has 1 aromatic carbocycles. The minimum atomic E-state index is -0.793. The number of benzene rings is 1. The molecule has 1 aliphatic heterocycles. The van der Waals surface area contributed by atoms with Gasteiger partial charge in [-0.3, -0.25) is 4.68 Å². The summed E-state index contributed by atoms with van der Waals surface area (Å²) in [5, 5.41) is 14.9. The molecule has 2 aromatic rings. The Morgan fingerprint density at radius 1 is 1.30 bits per heavy atom. The third-order valence-corrected chi connectivity index (χ3v) is 3.46. The average Bonchev–Trinajstić information content (AvgIpc) is 2.72. The predicted molar refractivity (Wildman–Crippen MR) is 74.3 cm³/mol. The zero-order valence-electron chi connectivity index (χ0n) is 11.0. The molecule has 0 fully saturated rings. The van der Waals surface area contributed by atoms with Crippen molar-refractivity contribution in [3.63, 3.8) is 0 Å². The van der Waals surface area contributed by atoms with Gasteiger partial charge in [0.15, 0.2) is 11.5 Å². The molecule has 0 amide bonds. The first kappa shape index (κ1) is 13.3. The lowest BCUT2D eigenvalue weighted by molar-refractivity contribution is 0.219. The van der Waals surface area contributed by atoms with Crippen molar-refractivity contribution in [1.29, 1.82) is 0 Å². The molecule has 20 heavy (non-hydrogen) atoms. The number of aliphatic hydroxyl groups is 1. The summed E-state index contributed by atoms with van der Waals surface area (Å²) in [6.45, 7) is 1.16. The van der Waals surface area contributed by atoms with Gasteiger partial charge in [-0.05, 0) is 17.7 Å². The van der Waals surface area contributed by atoms with Crippen molar-refractivity contribution in [2.45, 2.75) is 12.5 Å². The van der Waals surface area contributed by atoms with Crippen molar-refractivity contribution in [3.8, 4) is 11.5 Å². The molecule has 1 atom stereocenters. The maximum atomic E-state index is 10.4. The van der Waals surface area contributed by atoms with Crippen LogP contribution in [0, 0.1) is 0 Å². The zero-order valence-corrected chi connectivity index (χ0v) is 11.8. The summed E-state index contributed by atoms with van der Waals surface area (Å²) in [4.78, 5) is 0. The summed E-state index contributed by atoms with van der Waals surface area (Å²) in [7, 11) is 1.80. The molecule has 2 heterocycles. The van der Waals surface area contributed by atoms with E-state index in [0.717, 1.165) is 6.42 Å². The zero-order chi connectivity index (χ0) is 14.1. The second kappa shape index (κ2) is 5.34. The number of rotatable bonds is 2. The van der Waals surface area contributed by atoms with Crippen LogP contribution in [0.15, 0.2) is 24.5 Å². The molecule has 5 nitrogen and oxygen atoms in total. The van der Waals surface area contributed by atoms with E-state index in [0.29, 0.717) is 40.9 Å². The van der Waals surface area contributed by atoms with Crippen LogP contribution in [-0.4, -0.2) is 28.1 Å². The van der Waals surface area contributed by atoms with Gasteiger partial charge in [0, 0.05) is 25.2 Å². The number of aryl methyl sites for hydroxylation is 1. The maximum Gasteiger partial charge on any atom is 0.179 e. The first-order valence-electron chi connectivity index (χ1n) is 6.41. The predicted octanol–water partition coefficient (Wildman–Crippen LogP) is 2.32. The topological polar surface area (TPSA) is 56.5 Å². The SMILES string of the molecule is Cn1cc(C(O)c2cc(Cl)c3c(c2)OCCCO3)cn1. The molecule has 3 rings (SSSR count). The van der Waals surface area contributed by atoms with Gasteiger partial charge >= 0.3 is 0 Å². The van der Waals surface area contributed by atoms with Crippen LogP contribution in [0.3, 0.4) is 0 Å². The van der Waals surface area contributed by atoms with Gasteiger partial charge in [-0.2, -0.15) is 5.10 Å². The molecule has 0 saturated heterocycles. The fourth-order valence-electron chi connectivity index (χ4n) is 2.18. The molecule has 106 valence electrons. The van der Waals surface area contributed by atoms with Crippen LogP contribution >= 0.6 is 11.6 Å². The summed E-state index contributed by atoms with van der Waals surface area (Å²) in [6, 6.07) is 3.47. The number of fused-ring (bicyclic) bond motifs is 1. The van der Waals surface area contributed by atoms with Gasteiger partial charge in [-0.15, -0.1) is 0 Å². The number of ether oxygens (including phenoxy) is 2. The van der Waals surface area contributed by atoms with Gasteiger partial charge < -0.3 is 14.6 Å². The minimum Gasteiger partial charge on any atom is -0.489 e. The van der Waals surface area contributed by atoms with Gasteiger partial charge in [0.1, 0.15) is 6.10 Å². The van der Waals surface area contributed by atoms with E-state index in [4.69, 9.17) is 21.1 Å². The highest BCUT2D eigenvalue weighted by molar-refractivity contribution is 6.32. The Morgan fingerprint density at radius 3 is 2.85 bits per heavy atom. The third kappa shape index (κ3) is 2.46. The van der Waals surface area contributed by atoms with Crippen LogP contribution in [0.4, 0.5) is 0 Å². The molecule has 1 unspecified atom stereocenters. The lowest BCUT2D eigenvalue weighted by atomic mass is 10.0. The van der Waals surface area contributed by atoms with Crippen molar-refractivity contribution >= 4 is 11.6 Å². The van der Waals surface area contributed by atoms with E-state index in [2.05, 4.69) is 5.10 Å². The normalized spacial score (nSPS) is 15.8. The third-order valence-electron chi connectivity index (χ3n) is 3.18. The highest BCUT2D eigenvalue weighted by Crippen LogP contribution is 2.40. The Balaban J connectivity index is 1.98. The van der Waals surface area contributed by atoms with E-state index in [1.807, 2.05) is 0 Å². The smallest absolute Gasteiger partial charge is 0.179 e. The summed E-state index contributed by atoms with van der Waals surface area (Å²) in [5.74, 6) is 1.12. The molecule has 0 bridgehead atoms. The fourth-order valence-corrected chi connectivity index (χ4v) is 2.46. The number of halogens is 1. The summed E-state index contributed by atoms with van der Waals surface area (Å²) in [6.07, 6.45) is 3.41. The number of hydrogen-bond acceptors (Lipinski definition) is 4. The van der Waals surface area contributed by atoms with Crippen molar-refractivity contribution in [1.82, 2.24) is 9.78 Å². The molecule has 1 N–H and O–H groups in total. The van der Waals surface area contributed by atoms with Crippen LogP contribution in [0.25, 0.3) is 0 Å². The van der Waals surface area contributed by atoms with Crippen LogP contribution in [-0.2, 0) is 7.05 Å². The number of nitrogens with zero attached hydrogens (tertiary/aromatic N) is 2. The average molecular weight is 295 g/mol. The van der Waals surface area contributed by atoms with Crippen molar-refractivity contribution in [2.24, 2.45) is 7.05 Å². The molecular weight excluding hydrogens is 280 g/mol. The van der Waals surface area contributed by atoms with Crippen LogP contribution in [0.1, 0.15) is 23.7 Å². The molecule has 1 aromatic heterocycles. The molecule has 6 heteroatoms. The first-order chi connectivity index (χ1) is 9.65. The van der Waals surface area contributed by atoms with Crippen LogP contribution < -0.4 is 9.47 Å². The standard InChI is InChI=1S/C14H15ClN2O3/c1-17-8-10(7-16-17)13(18)9-5-11(15)14-12(6-9)19-3-2-4-20-14/h5-8,13,18H,2-4H2,1H3. The lowest BCUT2D eigenvalue weighted by Crippen LogP contribution is -2.01. The van der Waals surface area contributed by atoms with Crippen LogP contribution in [0.2, 0.25) is 5.02 Å². The van der Waals surface area contributed by atoms with Crippen LogP contribution in [0.5, 0.6) is 11.5 Å². The molecule has 0 spiro atoms. The Hall–Kier alpha value is -1.72. The van der Waals surface area contributed by atoms with E-state index in [-0.39, 0.29) is 0 Å². The van der Waals surface area contributed by atoms with E-state index < -0.39 is 6.10 Å². The summed E-state index contributed by atoms with van der Waals surface area (Å²) in [5.41, 5.74) is 1.37. The minimum absolute atomic E-state index is 0.447. The first-order valence-corrected chi connectivity index (χ1v) is 6.78. The van der Waals surface area contributed by atoms with Crippen molar-refractivity contribution < 1.29 is 14.6 Å². The monoisotopic (exact) mass is 294 g/mol. The molecular formula is C14H15ClN2O3. The Kier molecular flexibility index (Phi) is 3.54. The number of aromatic nitrogens is 2. The number of hydrogen-bond donors (Lipinski definition) is 1. The van der Waals surface area contributed by atoms with Gasteiger partial charge in [-0.1, -0.05) is 11.6 Å². The summed E-state index contributed by atoms with van der Waals surface area (Å²) >= 11 is 6.22. The second-order valence-corrected chi connectivity index (χ2v) is 5.14. The highest BCUT2D eigenvalue weighted by atomic mass is 35.5. The molecule has 0 aliphatic carbocycles. The lowest BCUT2D eigenvalue weighted by Gasteiger charge is -2.14. The Bertz CT molecular complexity index is 627. The van der Waals surface area contributed by atoms with Crippen molar-refractivity contribution in [3.05, 3.63) is 40.7 Å². The van der Waals surface area contributed by atoms with Gasteiger partial charge in [0.2, 0.25) is 0 Å². The Morgan fingerprint density at radius 2 is 2.10 bits per heavy atom. The quantitative estimate of drug-likeness (QED) is 0.923. The van der Waals surface area contributed by atoms with Gasteiger partial charge in [-0.25, -0.2) is 0 Å². The molecule has 1 aliphatic rings.